The van der Waals surface area contributed by atoms with Crippen LogP contribution in [0.1, 0.15) is 17.3 Å². The standard InChI is InChI=1S/C11H14N2O5/c1-6(14)9(11(17)13-18)12-10(16)7-2-4-8(15)5-3-7/h2-6,9,14-15,18H,1H3,(H,12,16)(H,13,17). The number of aliphatic hydroxyl groups is 1. The van der Waals surface area contributed by atoms with Crippen molar-refractivity contribution in [1.29, 1.82) is 0 Å². The molecule has 2 amide bonds. The zero-order valence-corrected chi connectivity index (χ0v) is 9.62. The lowest BCUT2D eigenvalue weighted by Crippen LogP contribution is -2.51. The van der Waals surface area contributed by atoms with Gasteiger partial charge in [-0.25, -0.2) is 5.48 Å². The minimum Gasteiger partial charge on any atom is -0.508 e. The van der Waals surface area contributed by atoms with Crippen molar-refractivity contribution < 1.29 is 25.0 Å². The Morgan fingerprint density at radius 3 is 2.22 bits per heavy atom. The fraction of sp³-hybridized carbons (Fsp3) is 0.273. The molecule has 0 fully saturated rings. The van der Waals surface area contributed by atoms with Gasteiger partial charge in [-0.1, -0.05) is 0 Å². The zero-order valence-electron chi connectivity index (χ0n) is 9.62. The molecule has 2 atom stereocenters. The molecule has 0 radical (unpaired) electrons. The minimum absolute atomic E-state index is 0.00623. The molecule has 0 aliphatic carbocycles. The molecule has 7 nitrogen and oxygen atoms in total. The van der Waals surface area contributed by atoms with Crippen LogP contribution < -0.4 is 10.8 Å². The Balaban J connectivity index is 2.78. The highest BCUT2D eigenvalue weighted by Crippen LogP contribution is 2.09. The molecule has 2 unspecified atom stereocenters. The van der Waals surface area contributed by atoms with E-state index < -0.39 is 24.0 Å². The van der Waals surface area contributed by atoms with Gasteiger partial charge in [0.1, 0.15) is 11.8 Å². The Morgan fingerprint density at radius 2 is 1.78 bits per heavy atom. The van der Waals surface area contributed by atoms with E-state index in [0.717, 1.165) is 0 Å². The van der Waals surface area contributed by atoms with Crippen molar-refractivity contribution in [3.8, 4) is 5.75 Å². The number of carbonyl (C=O) groups is 2. The van der Waals surface area contributed by atoms with Gasteiger partial charge in [-0.3, -0.25) is 14.8 Å². The first-order valence-corrected chi connectivity index (χ1v) is 5.17. The van der Waals surface area contributed by atoms with Crippen LogP contribution in [0, 0.1) is 0 Å². The molecular formula is C11H14N2O5. The van der Waals surface area contributed by atoms with Crippen molar-refractivity contribution in [3.63, 3.8) is 0 Å². The molecule has 0 aromatic heterocycles. The largest absolute Gasteiger partial charge is 0.508 e. The maximum atomic E-state index is 11.7. The predicted molar refractivity (Wildman–Crippen MR) is 61.0 cm³/mol. The van der Waals surface area contributed by atoms with Gasteiger partial charge < -0.3 is 15.5 Å². The maximum absolute atomic E-state index is 11.7. The number of hydrogen-bond acceptors (Lipinski definition) is 5. The first-order chi connectivity index (χ1) is 8.45. The van der Waals surface area contributed by atoms with E-state index in [0.29, 0.717) is 0 Å². The SMILES string of the molecule is CC(O)C(NC(=O)c1ccc(O)cc1)C(=O)NO. The van der Waals surface area contributed by atoms with Crippen LogP contribution in [0.5, 0.6) is 5.75 Å². The molecule has 1 aromatic rings. The summed E-state index contributed by atoms with van der Waals surface area (Å²) in [5, 5.41) is 29.1. The van der Waals surface area contributed by atoms with Gasteiger partial charge in [0.25, 0.3) is 11.8 Å². The summed E-state index contributed by atoms with van der Waals surface area (Å²) in [5.41, 5.74) is 1.57. The Hall–Kier alpha value is -2.12. The van der Waals surface area contributed by atoms with E-state index >= 15 is 0 Å². The Morgan fingerprint density at radius 1 is 1.22 bits per heavy atom. The summed E-state index contributed by atoms with van der Waals surface area (Å²) in [7, 11) is 0. The summed E-state index contributed by atoms with van der Waals surface area (Å²) >= 11 is 0. The first-order valence-electron chi connectivity index (χ1n) is 5.17. The van der Waals surface area contributed by atoms with Crippen molar-refractivity contribution in [3.05, 3.63) is 29.8 Å². The van der Waals surface area contributed by atoms with Crippen molar-refractivity contribution in [2.75, 3.05) is 0 Å². The monoisotopic (exact) mass is 254 g/mol. The van der Waals surface area contributed by atoms with E-state index in [-0.39, 0.29) is 11.3 Å². The molecule has 0 aliphatic rings. The second-order valence-electron chi connectivity index (χ2n) is 3.71. The third-order valence-corrected chi connectivity index (χ3v) is 2.29. The number of aromatic hydroxyl groups is 1. The van der Waals surface area contributed by atoms with Crippen LogP contribution in [0.2, 0.25) is 0 Å². The van der Waals surface area contributed by atoms with Crippen molar-refractivity contribution in [2.45, 2.75) is 19.1 Å². The number of hydrogen-bond donors (Lipinski definition) is 5. The van der Waals surface area contributed by atoms with Crippen LogP contribution in [0.15, 0.2) is 24.3 Å². The van der Waals surface area contributed by atoms with E-state index in [1.54, 1.807) is 0 Å². The van der Waals surface area contributed by atoms with Crippen LogP contribution in [-0.2, 0) is 4.79 Å². The summed E-state index contributed by atoms with van der Waals surface area (Å²) in [6, 6.07) is 4.09. The fourth-order valence-corrected chi connectivity index (χ4v) is 1.31. The average Bonchev–Trinajstić information content (AvgIpc) is 2.35. The zero-order chi connectivity index (χ0) is 13.7. The first kappa shape index (κ1) is 13.9. The van der Waals surface area contributed by atoms with Crippen LogP contribution >= 0.6 is 0 Å². The molecule has 1 aromatic carbocycles. The molecule has 0 saturated heterocycles. The van der Waals surface area contributed by atoms with Crippen LogP contribution in [0.4, 0.5) is 0 Å². The third-order valence-electron chi connectivity index (χ3n) is 2.29. The van der Waals surface area contributed by atoms with Gasteiger partial charge in [-0.2, -0.15) is 0 Å². The molecule has 98 valence electrons. The smallest absolute Gasteiger partial charge is 0.268 e. The summed E-state index contributed by atoms with van der Waals surface area (Å²) in [4.78, 5) is 22.9. The molecule has 0 aliphatic heterocycles. The number of nitrogens with one attached hydrogen (secondary N) is 2. The molecule has 1 rings (SSSR count). The molecule has 0 bridgehead atoms. The summed E-state index contributed by atoms with van der Waals surface area (Å²) < 4.78 is 0. The van der Waals surface area contributed by atoms with Gasteiger partial charge in [0.2, 0.25) is 0 Å². The Bertz CT molecular complexity index is 430. The summed E-state index contributed by atoms with van der Waals surface area (Å²) in [6.45, 7) is 1.30. The number of hydroxylamine groups is 1. The van der Waals surface area contributed by atoms with E-state index in [4.69, 9.17) is 10.3 Å². The van der Waals surface area contributed by atoms with E-state index in [1.165, 1.54) is 36.7 Å². The lowest BCUT2D eigenvalue weighted by Gasteiger charge is -2.19. The second kappa shape index (κ2) is 5.99. The molecule has 0 heterocycles. The quantitative estimate of drug-likeness (QED) is 0.362. The van der Waals surface area contributed by atoms with Gasteiger partial charge >= 0.3 is 0 Å². The normalized spacial score (nSPS) is 13.5. The number of rotatable bonds is 4. The highest BCUT2D eigenvalue weighted by Gasteiger charge is 2.25. The van der Waals surface area contributed by atoms with Crippen LogP contribution in [0.25, 0.3) is 0 Å². The van der Waals surface area contributed by atoms with Gasteiger partial charge in [-0.15, -0.1) is 0 Å². The number of phenolic OH excluding ortho intramolecular Hbond substituents is 1. The van der Waals surface area contributed by atoms with Crippen molar-refractivity contribution in [2.24, 2.45) is 0 Å². The molecule has 0 saturated carbocycles. The van der Waals surface area contributed by atoms with E-state index in [2.05, 4.69) is 5.32 Å². The number of benzene rings is 1. The van der Waals surface area contributed by atoms with Gasteiger partial charge in [-0.05, 0) is 31.2 Å². The molecule has 7 heteroatoms. The minimum atomic E-state index is -1.27. The predicted octanol–water partition coefficient (Wildman–Crippen LogP) is -0.623. The Kier molecular flexibility index (Phi) is 4.64. The van der Waals surface area contributed by atoms with E-state index in [1.807, 2.05) is 0 Å². The molecular weight excluding hydrogens is 240 g/mol. The highest BCUT2D eigenvalue weighted by atomic mass is 16.5. The fourth-order valence-electron chi connectivity index (χ4n) is 1.31. The lowest BCUT2D eigenvalue weighted by atomic mass is 10.1. The van der Waals surface area contributed by atoms with Crippen molar-refractivity contribution >= 4 is 11.8 Å². The van der Waals surface area contributed by atoms with Crippen LogP contribution in [-0.4, -0.2) is 39.4 Å². The molecule has 0 spiro atoms. The van der Waals surface area contributed by atoms with Gasteiger partial charge in [0, 0.05) is 5.56 Å². The Labute approximate surface area is 103 Å². The van der Waals surface area contributed by atoms with Gasteiger partial charge in [0.05, 0.1) is 6.10 Å². The molecule has 18 heavy (non-hydrogen) atoms. The lowest BCUT2D eigenvalue weighted by molar-refractivity contribution is -0.133. The van der Waals surface area contributed by atoms with Gasteiger partial charge in [0.15, 0.2) is 0 Å². The van der Waals surface area contributed by atoms with Crippen LogP contribution in [0.3, 0.4) is 0 Å². The maximum Gasteiger partial charge on any atom is 0.268 e. The topological polar surface area (TPSA) is 119 Å². The number of carbonyl (C=O) groups excluding carboxylic acids is 2. The third kappa shape index (κ3) is 3.44. The number of amides is 2. The summed E-state index contributed by atoms with van der Waals surface area (Å²) in [6.07, 6.45) is -1.17. The van der Waals surface area contributed by atoms with Crippen molar-refractivity contribution in [1.82, 2.24) is 10.8 Å². The number of aliphatic hydroxyl groups excluding tert-OH is 1. The van der Waals surface area contributed by atoms with E-state index in [9.17, 15) is 14.7 Å². The second-order valence-corrected chi connectivity index (χ2v) is 3.71. The number of phenols is 1. The highest BCUT2D eigenvalue weighted by molar-refractivity contribution is 5.97. The average molecular weight is 254 g/mol. The summed E-state index contributed by atoms with van der Waals surface area (Å²) in [5.74, 6) is -1.52. The molecule has 5 N–H and O–H groups in total.